The molecule has 0 saturated carbocycles. The third-order valence-corrected chi connectivity index (χ3v) is 4.17. The summed E-state index contributed by atoms with van der Waals surface area (Å²) in [4.78, 5) is 11.5. The molecule has 1 aliphatic heterocycles. The van der Waals surface area contributed by atoms with E-state index in [1.165, 1.54) is 5.56 Å². The van der Waals surface area contributed by atoms with Gasteiger partial charge in [0.25, 0.3) is 0 Å². The maximum absolute atomic E-state index is 11.5. The molecular formula is C10H13NO2S2. The highest BCUT2D eigenvalue weighted by molar-refractivity contribution is 7.99. The zero-order valence-corrected chi connectivity index (χ0v) is 10.1. The van der Waals surface area contributed by atoms with E-state index in [4.69, 9.17) is 4.74 Å². The van der Waals surface area contributed by atoms with Gasteiger partial charge in [0, 0.05) is 5.75 Å². The predicted octanol–water partition coefficient (Wildman–Crippen LogP) is 2.01. The van der Waals surface area contributed by atoms with Crippen LogP contribution >= 0.6 is 23.1 Å². The van der Waals surface area contributed by atoms with Crippen molar-refractivity contribution in [1.82, 2.24) is 5.32 Å². The van der Waals surface area contributed by atoms with Crippen LogP contribution in [0.25, 0.3) is 0 Å². The first-order valence-electron chi connectivity index (χ1n) is 4.87. The van der Waals surface area contributed by atoms with Crippen LogP contribution in [0.5, 0.6) is 0 Å². The van der Waals surface area contributed by atoms with Crippen LogP contribution in [0.15, 0.2) is 16.8 Å². The van der Waals surface area contributed by atoms with Gasteiger partial charge in [-0.3, -0.25) is 10.1 Å². The van der Waals surface area contributed by atoms with E-state index in [0.717, 1.165) is 5.75 Å². The molecule has 2 heterocycles. The van der Waals surface area contributed by atoms with Gasteiger partial charge in [0.1, 0.15) is 6.04 Å². The lowest BCUT2D eigenvalue weighted by Gasteiger charge is -2.11. The average molecular weight is 243 g/mol. The first-order valence-corrected chi connectivity index (χ1v) is 6.87. The molecule has 0 bridgehead atoms. The zero-order valence-electron chi connectivity index (χ0n) is 8.43. The van der Waals surface area contributed by atoms with Crippen molar-refractivity contribution in [2.24, 2.45) is 0 Å². The molecule has 1 aromatic rings. The molecule has 5 heteroatoms. The molecule has 82 valence electrons. The van der Waals surface area contributed by atoms with E-state index in [9.17, 15) is 4.79 Å². The largest absolute Gasteiger partial charge is 0.465 e. The molecule has 0 radical (unpaired) electrons. The van der Waals surface area contributed by atoms with Gasteiger partial charge in [0.15, 0.2) is 0 Å². The van der Waals surface area contributed by atoms with Gasteiger partial charge < -0.3 is 4.74 Å². The van der Waals surface area contributed by atoms with Crippen LogP contribution in [-0.2, 0) is 9.53 Å². The Hall–Kier alpha value is -0.520. The van der Waals surface area contributed by atoms with Crippen molar-refractivity contribution in [1.29, 1.82) is 0 Å². The lowest BCUT2D eigenvalue weighted by molar-refractivity contribution is -0.144. The summed E-state index contributed by atoms with van der Waals surface area (Å²) in [5, 5.41) is 7.67. The van der Waals surface area contributed by atoms with Gasteiger partial charge in [-0.25, -0.2) is 0 Å². The van der Waals surface area contributed by atoms with E-state index < -0.39 is 0 Å². The van der Waals surface area contributed by atoms with Crippen molar-refractivity contribution >= 4 is 29.1 Å². The van der Waals surface area contributed by atoms with Crippen molar-refractivity contribution in [2.75, 3.05) is 12.4 Å². The zero-order chi connectivity index (χ0) is 10.7. The number of rotatable bonds is 3. The second-order valence-electron chi connectivity index (χ2n) is 3.24. The molecule has 0 aliphatic carbocycles. The van der Waals surface area contributed by atoms with Crippen molar-refractivity contribution < 1.29 is 9.53 Å². The first-order chi connectivity index (χ1) is 7.31. The van der Waals surface area contributed by atoms with Gasteiger partial charge in [-0.15, -0.1) is 11.8 Å². The highest BCUT2D eigenvalue weighted by Crippen LogP contribution is 2.33. The molecule has 1 fully saturated rings. The second kappa shape index (κ2) is 5.01. The molecule has 0 aromatic carbocycles. The average Bonchev–Trinajstić information content (AvgIpc) is 2.89. The lowest BCUT2D eigenvalue weighted by atomic mass is 10.3. The number of nitrogens with one attached hydrogen (secondary N) is 1. The Morgan fingerprint density at radius 2 is 2.60 bits per heavy atom. The minimum atomic E-state index is -0.153. The topological polar surface area (TPSA) is 38.3 Å². The fourth-order valence-electron chi connectivity index (χ4n) is 1.47. The highest BCUT2D eigenvalue weighted by Gasteiger charge is 2.31. The lowest BCUT2D eigenvalue weighted by Crippen LogP contribution is -2.35. The minimum absolute atomic E-state index is 0.136. The first kappa shape index (κ1) is 11.0. The molecule has 2 atom stereocenters. The molecule has 1 saturated heterocycles. The van der Waals surface area contributed by atoms with Gasteiger partial charge in [0.2, 0.25) is 0 Å². The van der Waals surface area contributed by atoms with Crippen molar-refractivity contribution in [3.63, 3.8) is 0 Å². The van der Waals surface area contributed by atoms with E-state index in [1.54, 1.807) is 23.1 Å². The van der Waals surface area contributed by atoms with E-state index in [0.29, 0.717) is 6.61 Å². The second-order valence-corrected chi connectivity index (χ2v) is 5.16. The van der Waals surface area contributed by atoms with E-state index in [-0.39, 0.29) is 17.4 Å². The van der Waals surface area contributed by atoms with Gasteiger partial charge in [0.05, 0.1) is 12.0 Å². The Kier molecular flexibility index (Phi) is 3.66. The number of hydrogen-bond acceptors (Lipinski definition) is 5. The molecule has 1 aliphatic rings. The Morgan fingerprint density at radius 1 is 1.73 bits per heavy atom. The van der Waals surface area contributed by atoms with Crippen LogP contribution in [0.4, 0.5) is 0 Å². The third-order valence-electron chi connectivity index (χ3n) is 2.20. The standard InChI is InChI=1S/C10H13NO2S2/c1-2-13-10(12)8-6-15-9(11-8)7-3-4-14-5-7/h3-5,8-9,11H,2,6H2,1H3. The van der Waals surface area contributed by atoms with Crippen LogP contribution in [0.2, 0.25) is 0 Å². The Labute approximate surface area is 97.2 Å². The number of thiophene rings is 1. The monoisotopic (exact) mass is 243 g/mol. The summed E-state index contributed by atoms with van der Waals surface area (Å²) >= 11 is 3.43. The molecular weight excluding hydrogens is 230 g/mol. The number of thioether (sulfide) groups is 1. The summed E-state index contributed by atoms with van der Waals surface area (Å²) in [7, 11) is 0. The van der Waals surface area contributed by atoms with Crippen LogP contribution in [0.1, 0.15) is 17.9 Å². The third kappa shape index (κ3) is 2.53. The Balaban J connectivity index is 1.92. The quantitative estimate of drug-likeness (QED) is 0.824. The smallest absolute Gasteiger partial charge is 0.324 e. The van der Waals surface area contributed by atoms with Gasteiger partial charge >= 0.3 is 5.97 Å². The Morgan fingerprint density at radius 3 is 3.27 bits per heavy atom. The highest BCUT2D eigenvalue weighted by atomic mass is 32.2. The molecule has 3 nitrogen and oxygen atoms in total. The van der Waals surface area contributed by atoms with E-state index in [2.05, 4.69) is 22.1 Å². The van der Waals surface area contributed by atoms with Crippen LogP contribution < -0.4 is 5.32 Å². The van der Waals surface area contributed by atoms with E-state index >= 15 is 0 Å². The Bertz CT molecular complexity index is 326. The fourth-order valence-corrected chi connectivity index (χ4v) is 3.46. The summed E-state index contributed by atoms with van der Waals surface area (Å²) < 4.78 is 4.98. The molecule has 2 rings (SSSR count). The number of carbonyl (C=O) groups is 1. The predicted molar refractivity (Wildman–Crippen MR) is 63.1 cm³/mol. The summed E-state index contributed by atoms with van der Waals surface area (Å²) in [6.07, 6.45) is 0. The van der Waals surface area contributed by atoms with Crippen LogP contribution in [0.3, 0.4) is 0 Å². The molecule has 15 heavy (non-hydrogen) atoms. The number of carbonyl (C=O) groups excluding carboxylic acids is 1. The summed E-state index contributed by atoms with van der Waals surface area (Å²) in [6, 6.07) is 1.93. The molecule has 0 amide bonds. The summed E-state index contributed by atoms with van der Waals surface area (Å²) in [6.45, 7) is 2.28. The number of ether oxygens (including phenoxy) is 1. The van der Waals surface area contributed by atoms with Crippen LogP contribution in [0, 0.1) is 0 Å². The molecule has 1 N–H and O–H groups in total. The SMILES string of the molecule is CCOC(=O)C1CSC(c2ccsc2)N1. The van der Waals surface area contributed by atoms with Gasteiger partial charge in [-0.05, 0) is 29.3 Å². The molecule has 2 unspecified atom stereocenters. The summed E-state index contributed by atoms with van der Waals surface area (Å²) in [5.74, 6) is 0.655. The van der Waals surface area contributed by atoms with Crippen molar-refractivity contribution in [3.05, 3.63) is 22.4 Å². The van der Waals surface area contributed by atoms with Crippen molar-refractivity contribution in [2.45, 2.75) is 18.3 Å². The molecule has 0 spiro atoms. The van der Waals surface area contributed by atoms with Gasteiger partial charge in [-0.2, -0.15) is 11.3 Å². The van der Waals surface area contributed by atoms with E-state index in [1.807, 2.05) is 6.92 Å². The maximum atomic E-state index is 11.5. The molecule has 1 aromatic heterocycles. The number of hydrogen-bond donors (Lipinski definition) is 1. The van der Waals surface area contributed by atoms with Crippen molar-refractivity contribution in [3.8, 4) is 0 Å². The summed E-state index contributed by atoms with van der Waals surface area (Å²) in [5.41, 5.74) is 1.25. The van der Waals surface area contributed by atoms with Crippen LogP contribution in [-0.4, -0.2) is 24.4 Å². The normalized spacial score (nSPS) is 25.4. The van der Waals surface area contributed by atoms with Gasteiger partial charge in [-0.1, -0.05) is 0 Å². The minimum Gasteiger partial charge on any atom is -0.465 e. The fraction of sp³-hybridized carbons (Fsp3) is 0.500. The maximum Gasteiger partial charge on any atom is 0.324 e. The number of esters is 1.